The van der Waals surface area contributed by atoms with Crippen LogP contribution in [0.15, 0.2) is 60.7 Å². The average Bonchev–Trinajstić information content (AvgIpc) is 2.58. The number of anilines is 1. The van der Waals surface area contributed by atoms with Crippen molar-refractivity contribution < 1.29 is 14.3 Å². The van der Waals surface area contributed by atoms with Gasteiger partial charge in [0.1, 0.15) is 18.1 Å². The molecule has 0 aliphatic carbocycles. The van der Waals surface area contributed by atoms with Crippen molar-refractivity contribution in [3.8, 4) is 11.5 Å². The summed E-state index contributed by atoms with van der Waals surface area (Å²) in [6, 6.07) is 14.5. The first-order chi connectivity index (χ1) is 11.6. The van der Waals surface area contributed by atoms with Crippen molar-refractivity contribution in [1.82, 2.24) is 0 Å². The van der Waals surface area contributed by atoms with E-state index in [2.05, 4.69) is 18.8 Å². The minimum absolute atomic E-state index is 0.191. The highest BCUT2D eigenvalue weighted by atomic mass is 16.5. The fraction of sp³-hybridized carbons (Fsp3) is 0.250. The summed E-state index contributed by atoms with van der Waals surface area (Å²) in [4.78, 5) is 12.4. The number of benzene rings is 2. The van der Waals surface area contributed by atoms with E-state index in [1.165, 1.54) is 0 Å². The van der Waals surface area contributed by atoms with Crippen molar-refractivity contribution >= 4 is 11.6 Å². The molecule has 0 fully saturated rings. The van der Waals surface area contributed by atoms with Crippen molar-refractivity contribution in [3.63, 3.8) is 0 Å². The molecule has 126 valence electrons. The largest absolute Gasteiger partial charge is 0.494 e. The Labute approximate surface area is 143 Å². The summed E-state index contributed by atoms with van der Waals surface area (Å²) < 4.78 is 11.1. The molecule has 0 saturated carbocycles. The van der Waals surface area contributed by atoms with Crippen molar-refractivity contribution in [3.05, 3.63) is 66.2 Å². The van der Waals surface area contributed by atoms with Crippen molar-refractivity contribution in [2.45, 2.75) is 20.3 Å². The molecular weight excluding hydrogens is 302 g/mol. The molecule has 0 aliphatic heterocycles. The van der Waals surface area contributed by atoms with Crippen LogP contribution in [0.3, 0.4) is 0 Å². The van der Waals surface area contributed by atoms with Gasteiger partial charge in [0.2, 0.25) is 0 Å². The van der Waals surface area contributed by atoms with E-state index in [-0.39, 0.29) is 5.91 Å². The summed E-state index contributed by atoms with van der Waals surface area (Å²) in [7, 11) is 0. The predicted molar refractivity (Wildman–Crippen MR) is 96.9 cm³/mol. The van der Waals surface area contributed by atoms with Gasteiger partial charge in [-0.15, -0.1) is 0 Å². The number of nitrogens with one attached hydrogen (secondary N) is 1. The van der Waals surface area contributed by atoms with Crippen LogP contribution in [0.4, 0.5) is 5.69 Å². The van der Waals surface area contributed by atoms with E-state index in [9.17, 15) is 4.79 Å². The molecule has 0 aromatic heterocycles. The first-order valence-electron chi connectivity index (χ1n) is 8.00. The van der Waals surface area contributed by atoms with Crippen LogP contribution in [-0.2, 0) is 0 Å². The van der Waals surface area contributed by atoms with Gasteiger partial charge in [0, 0.05) is 17.3 Å². The Morgan fingerprint density at radius 1 is 1.08 bits per heavy atom. The third kappa shape index (κ3) is 5.47. The second-order valence-corrected chi connectivity index (χ2v) is 5.60. The lowest BCUT2D eigenvalue weighted by Crippen LogP contribution is -2.12. The highest BCUT2D eigenvalue weighted by Crippen LogP contribution is 2.20. The van der Waals surface area contributed by atoms with Crippen LogP contribution in [0.2, 0.25) is 0 Å². The maximum atomic E-state index is 12.4. The van der Waals surface area contributed by atoms with Gasteiger partial charge in [0.05, 0.1) is 6.61 Å². The zero-order valence-electron chi connectivity index (χ0n) is 14.2. The van der Waals surface area contributed by atoms with E-state index in [1.807, 2.05) is 37.3 Å². The molecule has 0 unspecified atom stereocenters. The fourth-order valence-corrected chi connectivity index (χ4v) is 2.02. The van der Waals surface area contributed by atoms with Crippen LogP contribution in [0.5, 0.6) is 11.5 Å². The number of amides is 1. The Morgan fingerprint density at radius 3 is 2.50 bits per heavy atom. The molecule has 2 aromatic carbocycles. The van der Waals surface area contributed by atoms with Gasteiger partial charge < -0.3 is 14.8 Å². The van der Waals surface area contributed by atoms with Gasteiger partial charge in [-0.1, -0.05) is 25.6 Å². The normalized spacial score (nSPS) is 10.1. The molecule has 1 amide bonds. The molecule has 0 atom stereocenters. The molecule has 0 saturated heterocycles. The monoisotopic (exact) mass is 325 g/mol. The number of ether oxygens (including phenoxy) is 2. The molecule has 0 radical (unpaired) electrons. The van der Waals surface area contributed by atoms with Gasteiger partial charge in [-0.05, 0) is 49.2 Å². The van der Waals surface area contributed by atoms with E-state index in [4.69, 9.17) is 9.47 Å². The van der Waals surface area contributed by atoms with Gasteiger partial charge in [0.15, 0.2) is 0 Å². The Bertz CT molecular complexity index is 710. The van der Waals surface area contributed by atoms with Crippen LogP contribution >= 0.6 is 0 Å². The topological polar surface area (TPSA) is 47.6 Å². The van der Waals surface area contributed by atoms with Crippen LogP contribution in [0, 0.1) is 0 Å². The van der Waals surface area contributed by atoms with Crippen molar-refractivity contribution in [2.75, 3.05) is 18.5 Å². The van der Waals surface area contributed by atoms with E-state index >= 15 is 0 Å². The Morgan fingerprint density at radius 2 is 1.79 bits per heavy atom. The molecule has 2 rings (SSSR count). The van der Waals surface area contributed by atoms with E-state index in [0.29, 0.717) is 30.2 Å². The number of rotatable bonds is 8. The smallest absolute Gasteiger partial charge is 0.255 e. The number of carbonyl (C=O) groups is 1. The molecule has 1 N–H and O–H groups in total. The van der Waals surface area contributed by atoms with Crippen LogP contribution in [-0.4, -0.2) is 19.1 Å². The minimum Gasteiger partial charge on any atom is -0.494 e. The third-order valence-electron chi connectivity index (χ3n) is 3.15. The molecule has 4 nitrogen and oxygen atoms in total. The quantitative estimate of drug-likeness (QED) is 0.717. The van der Waals surface area contributed by atoms with Crippen LogP contribution in [0.25, 0.3) is 0 Å². The molecule has 0 bridgehead atoms. The van der Waals surface area contributed by atoms with Gasteiger partial charge in [-0.2, -0.15) is 0 Å². The fourth-order valence-electron chi connectivity index (χ4n) is 2.02. The molecule has 0 aliphatic rings. The Kier molecular flexibility index (Phi) is 6.43. The molecule has 0 heterocycles. The molecule has 0 spiro atoms. The van der Waals surface area contributed by atoms with Crippen LogP contribution < -0.4 is 14.8 Å². The molecule has 4 heteroatoms. The summed E-state index contributed by atoms with van der Waals surface area (Å²) in [6.07, 6.45) is 0.938. The van der Waals surface area contributed by atoms with Crippen LogP contribution in [0.1, 0.15) is 30.6 Å². The number of carbonyl (C=O) groups excluding carboxylic acids is 1. The Hall–Kier alpha value is -2.75. The summed E-state index contributed by atoms with van der Waals surface area (Å²) >= 11 is 0. The SMILES string of the molecule is C=C(C)COc1cccc(C(=O)Nc2cccc(OCCC)c2)c1. The number of hydrogen-bond donors (Lipinski definition) is 1. The van der Waals surface area contributed by atoms with Gasteiger partial charge >= 0.3 is 0 Å². The average molecular weight is 325 g/mol. The highest BCUT2D eigenvalue weighted by Gasteiger charge is 2.08. The second kappa shape index (κ2) is 8.77. The first kappa shape index (κ1) is 17.6. The maximum absolute atomic E-state index is 12.4. The Balaban J connectivity index is 2.04. The van der Waals surface area contributed by atoms with Gasteiger partial charge in [-0.3, -0.25) is 4.79 Å². The lowest BCUT2D eigenvalue weighted by atomic mass is 10.2. The second-order valence-electron chi connectivity index (χ2n) is 5.60. The zero-order valence-corrected chi connectivity index (χ0v) is 14.2. The van der Waals surface area contributed by atoms with Gasteiger partial charge in [0.25, 0.3) is 5.91 Å². The van der Waals surface area contributed by atoms with Crippen molar-refractivity contribution in [1.29, 1.82) is 0 Å². The number of hydrogen-bond acceptors (Lipinski definition) is 3. The van der Waals surface area contributed by atoms with E-state index < -0.39 is 0 Å². The summed E-state index contributed by atoms with van der Waals surface area (Å²) in [5.41, 5.74) is 2.16. The van der Waals surface area contributed by atoms with E-state index in [0.717, 1.165) is 17.7 Å². The lowest BCUT2D eigenvalue weighted by molar-refractivity contribution is 0.102. The third-order valence-corrected chi connectivity index (χ3v) is 3.15. The van der Waals surface area contributed by atoms with Crippen molar-refractivity contribution in [2.24, 2.45) is 0 Å². The summed E-state index contributed by atoms with van der Waals surface area (Å²) in [5, 5.41) is 2.88. The maximum Gasteiger partial charge on any atom is 0.255 e. The zero-order chi connectivity index (χ0) is 17.4. The standard InChI is InChI=1S/C20H23NO3/c1-4-11-23-19-10-6-8-17(13-19)21-20(22)16-7-5-9-18(12-16)24-14-15(2)3/h5-10,12-13H,2,4,11,14H2,1,3H3,(H,21,22). The predicted octanol–water partition coefficient (Wildman–Crippen LogP) is 4.68. The van der Waals surface area contributed by atoms with E-state index in [1.54, 1.807) is 18.2 Å². The first-order valence-corrected chi connectivity index (χ1v) is 8.00. The highest BCUT2D eigenvalue weighted by molar-refractivity contribution is 6.04. The molecule has 24 heavy (non-hydrogen) atoms. The van der Waals surface area contributed by atoms with Gasteiger partial charge in [-0.25, -0.2) is 0 Å². The minimum atomic E-state index is -0.191. The molecular formula is C20H23NO3. The summed E-state index contributed by atoms with van der Waals surface area (Å²) in [5.74, 6) is 1.20. The lowest BCUT2D eigenvalue weighted by Gasteiger charge is -2.10. The molecule has 2 aromatic rings. The summed E-state index contributed by atoms with van der Waals surface area (Å²) in [6.45, 7) is 8.82.